The molecule has 0 saturated heterocycles. The fourth-order valence-corrected chi connectivity index (χ4v) is 1.80. The predicted octanol–water partition coefficient (Wildman–Crippen LogP) is 0.665. The van der Waals surface area contributed by atoms with Crippen LogP contribution in [0.1, 0.15) is 35.8 Å². The monoisotopic (exact) mass is 228 g/mol. The average Bonchev–Trinajstić information content (AvgIpc) is 2.15. The smallest absolute Gasteiger partial charge is 0.240 e. The molecule has 0 aromatic carbocycles. The third-order valence-electron chi connectivity index (χ3n) is 1.99. The average molecular weight is 228 g/mol. The van der Waals surface area contributed by atoms with Crippen molar-refractivity contribution in [1.29, 1.82) is 0 Å². The first kappa shape index (κ1) is 11.8. The van der Waals surface area contributed by atoms with Crippen molar-refractivity contribution in [1.82, 2.24) is 4.98 Å². The third kappa shape index (κ3) is 2.60. The number of sulfonamides is 1. The predicted molar refractivity (Wildman–Crippen MR) is 55.1 cm³/mol. The van der Waals surface area contributed by atoms with Gasteiger partial charge in [0.25, 0.3) is 0 Å². The van der Waals surface area contributed by atoms with E-state index in [0.29, 0.717) is 6.29 Å². The summed E-state index contributed by atoms with van der Waals surface area (Å²) in [5.41, 5.74) is 0.575. The fourth-order valence-electron chi connectivity index (χ4n) is 1.10. The standard InChI is InChI=1S/C9H12N2O3S/c1-6(2)7-3-9(15(10,13)14)8(5-12)11-4-7/h3-6H,1-2H3,(H2,10,13,14). The molecule has 0 fully saturated rings. The molecule has 5 nitrogen and oxygen atoms in total. The highest BCUT2D eigenvalue weighted by Crippen LogP contribution is 2.18. The summed E-state index contributed by atoms with van der Waals surface area (Å²) in [6.07, 6.45) is 1.85. The van der Waals surface area contributed by atoms with Crippen molar-refractivity contribution >= 4 is 16.3 Å². The highest BCUT2D eigenvalue weighted by Gasteiger charge is 2.16. The summed E-state index contributed by atoms with van der Waals surface area (Å²) < 4.78 is 22.3. The van der Waals surface area contributed by atoms with Crippen LogP contribution in [0.15, 0.2) is 17.2 Å². The maximum Gasteiger partial charge on any atom is 0.240 e. The number of nitrogens with two attached hydrogens (primary N) is 1. The number of primary sulfonamides is 1. The molecule has 6 heteroatoms. The van der Waals surface area contributed by atoms with Crippen LogP contribution in [0.4, 0.5) is 0 Å². The van der Waals surface area contributed by atoms with E-state index < -0.39 is 10.0 Å². The van der Waals surface area contributed by atoms with E-state index in [9.17, 15) is 13.2 Å². The Labute approximate surface area is 88.4 Å². The molecular formula is C9H12N2O3S. The normalized spacial score (nSPS) is 11.7. The summed E-state index contributed by atoms with van der Waals surface area (Å²) in [5, 5.41) is 4.98. The molecule has 0 bridgehead atoms. The van der Waals surface area contributed by atoms with Crippen molar-refractivity contribution in [3.8, 4) is 0 Å². The number of aromatic nitrogens is 1. The zero-order chi connectivity index (χ0) is 11.6. The van der Waals surface area contributed by atoms with Gasteiger partial charge in [-0.05, 0) is 17.5 Å². The van der Waals surface area contributed by atoms with Gasteiger partial charge < -0.3 is 0 Å². The van der Waals surface area contributed by atoms with Crippen LogP contribution in [0.5, 0.6) is 0 Å². The molecule has 0 atom stereocenters. The Kier molecular flexibility index (Phi) is 3.21. The van der Waals surface area contributed by atoms with Crippen molar-refractivity contribution in [3.63, 3.8) is 0 Å². The second-order valence-electron chi connectivity index (χ2n) is 3.47. The highest BCUT2D eigenvalue weighted by atomic mass is 32.2. The van der Waals surface area contributed by atoms with E-state index >= 15 is 0 Å². The molecule has 0 radical (unpaired) electrons. The van der Waals surface area contributed by atoms with Gasteiger partial charge in [-0.15, -0.1) is 0 Å². The Bertz CT molecular complexity index is 480. The Morgan fingerprint density at radius 3 is 2.47 bits per heavy atom. The van der Waals surface area contributed by atoms with E-state index in [2.05, 4.69) is 4.98 Å². The molecule has 2 N–H and O–H groups in total. The minimum Gasteiger partial charge on any atom is -0.296 e. The Balaban J connectivity index is 3.46. The maximum atomic E-state index is 11.2. The van der Waals surface area contributed by atoms with E-state index in [1.807, 2.05) is 13.8 Å². The Hall–Kier alpha value is -1.27. The summed E-state index contributed by atoms with van der Waals surface area (Å²) in [5.74, 6) is 0.124. The lowest BCUT2D eigenvalue weighted by atomic mass is 10.1. The number of hydrogen-bond acceptors (Lipinski definition) is 4. The van der Waals surface area contributed by atoms with Crippen LogP contribution in [-0.4, -0.2) is 19.7 Å². The van der Waals surface area contributed by atoms with Crippen LogP contribution in [0.2, 0.25) is 0 Å². The van der Waals surface area contributed by atoms with Gasteiger partial charge in [0.05, 0.1) is 0 Å². The summed E-state index contributed by atoms with van der Waals surface area (Å²) >= 11 is 0. The molecule has 15 heavy (non-hydrogen) atoms. The van der Waals surface area contributed by atoms with E-state index in [1.54, 1.807) is 0 Å². The zero-order valence-corrected chi connectivity index (χ0v) is 9.28. The fraction of sp³-hybridized carbons (Fsp3) is 0.333. The first-order valence-corrected chi connectivity index (χ1v) is 5.89. The molecule has 1 aromatic heterocycles. The zero-order valence-electron chi connectivity index (χ0n) is 8.47. The van der Waals surface area contributed by atoms with Gasteiger partial charge in [0.15, 0.2) is 6.29 Å². The quantitative estimate of drug-likeness (QED) is 0.769. The largest absolute Gasteiger partial charge is 0.296 e. The van der Waals surface area contributed by atoms with Crippen LogP contribution in [0.3, 0.4) is 0 Å². The van der Waals surface area contributed by atoms with Crippen molar-refractivity contribution in [2.24, 2.45) is 5.14 Å². The van der Waals surface area contributed by atoms with Crippen molar-refractivity contribution < 1.29 is 13.2 Å². The summed E-state index contributed by atoms with van der Waals surface area (Å²) in [7, 11) is -3.90. The minimum atomic E-state index is -3.90. The number of pyridine rings is 1. The van der Waals surface area contributed by atoms with Gasteiger partial charge >= 0.3 is 0 Å². The maximum absolute atomic E-state index is 11.2. The van der Waals surface area contributed by atoms with Crippen LogP contribution in [-0.2, 0) is 10.0 Å². The molecule has 1 heterocycles. The number of carbonyl (C=O) groups is 1. The van der Waals surface area contributed by atoms with Crippen LogP contribution >= 0.6 is 0 Å². The first-order chi connectivity index (χ1) is 6.86. The van der Waals surface area contributed by atoms with Crippen molar-refractivity contribution in [3.05, 3.63) is 23.5 Å². The number of rotatable bonds is 3. The first-order valence-electron chi connectivity index (χ1n) is 4.34. The lowest BCUT2D eigenvalue weighted by molar-refractivity contribution is 0.111. The number of hydrogen-bond donors (Lipinski definition) is 1. The third-order valence-corrected chi connectivity index (χ3v) is 2.93. The summed E-state index contributed by atoms with van der Waals surface area (Å²) in [6, 6.07) is 1.39. The molecule has 0 aliphatic heterocycles. The Morgan fingerprint density at radius 2 is 2.07 bits per heavy atom. The van der Waals surface area contributed by atoms with Gasteiger partial charge in [0.2, 0.25) is 10.0 Å². The van der Waals surface area contributed by atoms with E-state index in [1.165, 1.54) is 12.3 Å². The molecule has 1 rings (SSSR count). The van der Waals surface area contributed by atoms with Crippen molar-refractivity contribution in [2.45, 2.75) is 24.7 Å². The lowest BCUT2D eigenvalue weighted by Crippen LogP contribution is -2.16. The topological polar surface area (TPSA) is 90.1 Å². The second-order valence-corrected chi connectivity index (χ2v) is 5.00. The SMILES string of the molecule is CC(C)c1cnc(C=O)c(S(N)(=O)=O)c1. The van der Waals surface area contributed by atoms with Gasteiger partial charge in [0, 0.05) is 6.20 Å². The molecule has 0 aliphatic rings. The molecule has 0 spiro atoms. The Morgan fingerprint density at radius 1 is 1.47 bits per heavy atom. The molecule has 0 aliphatic carbocycles. The molecular weight excluding hydrogens is 216 g/mol. The van der Waals surface area contributed by atoms with Crippen LogP contribution in [0.25, 0.3) is 0 Å². The number of carbonyl (C=O) groups excluding carboxylic acids is 1. The molecule has 0 unspecified atom stereocenters. The van der Waals surface area contributed by atoms with Gasteiger partial charge in [-0.1, -0.05) is 13.8 Å². The van der Waals surface area contributed by atoms with Crippen LogP contribution < -0.4 is 5.14 Å². The van der Waals surface area contributed by atoms with E-state index in [0.717, 1.165) is 5.56 Å². The highest BCUT2D eigenvalue weighted by molar-refractivity contribution is 7.89. The second kappa shape index (κ2) is 4.08. The summed E-state index contributed by atoms with van der Waals surface area (Å²) in [4.78, 5) is 14.1. The number of aldehydes is 1. The van der Waals surface area contributed by atoms with Crippen molar-refractivity contribution in [2.75, 3.05) is 0 Å². The van der Waals surface area contributed by atoms with E-state index in [4.69, 9.17) is 5.14 Å². The van der Waals surface area contributed by atoms with Gasteiger partial charge in [-0.3, -0.25) is 9.78 Å². The van der Waals surface area contributed by atoms with Gasteiger partial charge in [-0.2, -0.15) is 0 Å². The van der Waals surface area contributed by atoms with Gasteiger partial charge in [-0.25, -0.2) is 13.6 Å². The van der Waals surface area contributed by atoms with E-state index in [-0.39, 0.29) is 16.5 Å². The molecule has 1 aromatic rings. The van der Waals surface area contributed by atoms with Crippen LogP contribution in [0, 0.1) is 0 Å². The molecule has 0 saturated carbocycles. The van der Waals surface area contributed by atoms with Gasteiger partial charge in [0.1, 0.15) is 10.6 Å². The molecule has 0 amide bonds. The summed E-state index contributed by atoms with van der Waals surface area (Å²) in [6.45, 7) is 3.79. The lowest BCUT2D eigenvalue weighted by Gasteiger charge is -2.07. The number of nitrogens with zero attached hydrogens (tertiary/aromatic N) is 1. The minimum absolute atomic E-state index is 0.124. The molecule has 82 valence electrons.